The zero-order chi connectivity index (χ0) is 12.9. The lowest BCUT2D eigenvalue weighted by molar-refractivity contribution is -0.146. The lowest BCUT2D eigenvalue weighted by Gasteiger charge is -2.12. The van der Waals surface area contributed by atoms with Gasteiger partial charge in [-0.05, 0) is 20.3 Å². The Balaban J connectivity index is 3.27. The van der Waals surface area contributed by atoms with E-state index in [1.54, 1.807) is 0 Å². The predicted octanol–water partition coefficient (Wildman–Crippen LogP) is 3.71. The molecule has 3 nitrogen and oxygen atoms in total. The number of carbonyl (C=O) groups is 1. The number of ether oxygens (including phenoxy) is 2. The molecule has 0 aliphatic rings. The summed E-state index contributed by atoms with van der Waals surface area (Å²) in [7, 11) is 0. The summed E-state index contributed by atoms with van der Waals surface area (Å²) in [6.07, 6.45) is 7.91. The molecule has 0 aliphatic carbocycles. The summed E-state index contributed by atoms with van der Waals surface area (Å²) in [6, 6.07) is 0. The van der Waals surface area contributed by atoms with Gasteiger partial charge < -0.3 is 9.47 Å². The number of hydrogen-bond donors (Lipinski definition) is 0. The number of esters is 1. The van der Waals surface area contributed by atoms with Gasteiger partial charge >= 0.3 is 5.97 Å². The average Bonchev–Trinajstić information content (AvgIpc) is 2.28. The van der Waals surface area contributed by atoms with E-state index >= 15 is 0 Å². The number of unbranched alkanes of at least 4 members (excludes halogenated alkanes) is 5. The van der Waals surface area contributed by atoms with Crippen LogP contribution in [-0.2, 0) is 14.3 Å². The first-order valence-corrected chi connectivity index (χ1v) is 6.97. The van der Waals surface area contributed by atoms with Gasteiger partial charge in [-0.2, -0.15) is 0 Å². The van der Waals surface area contributed by atoms with Gasteiger partial charge in [0.1, 0.15) is 0 Å². The van der Waals surface area contributed by atoms with Crippen LogP contribution < -0.4 is 0 Å². The fraction of sp³-hybridized carbons (Fsp3) is 0.929. The fourth-order valence-corrected chi connectivity index (χ4v) is 1.68. The van der Waals surface area contributed by atoms with Crippen molar-refractivity contribution in [3.05, 3.63) is 0 Å². The van der Waals surface area contributed by atoms with Crippen molar-refractivity contribution < 1.29 is 14.3 Å². The molecular formula is C14H28O3. The molecule has 1 atom stereocenters. The molecule has 1 unspecified atom stereocenters. The summed E-state index contributed by atoms with van der Waals surface area (Å²) in [6.45, 7) is 7.17. The number of rotatable bonds is 11. The molecule has 0 aromatic carbocycles. The van der Waals surface area contributed by atoms with Crippen LogP contribution in [0.5, 0.6) is 0 Å². The maximum atomic E-state index is 11.2. The van der Waals surface area contributed by atoms with E-state index in [-0.39, 0.29) is 12.1 Å². The molecule has 3 heteroatoms. The van der Waals surface area contributed by atoms with Crippen molar-refractivity contribution in [2.75, 3.05) is 13.2 Å². The van der Waals surface area contributed by atoms with Gasteiger partial charge in [0.25, 0.3) is 0 Å². The van der Waals surface area contributed by atoms with Crippen LogP contribution in [0.15, 0.2) is 0 Å². The molecule has 0 saturated carbocycles. The second-order valence-electron chi connectivity index (χ2n) is 4.46. The monoisotopic (exact) mass is 244 g/mol. The van der Waals surface area contributed by atoms with Crippen molar-refractivity contribution >= 4 is 5.97 Å². The van der Waals surface area contributed by atoms with Crippen molar-refractivity contribution in [3.63, 3.8) is 0 Å². The van der Waals surface area contributed by atoms with Gasteiger partial charge in [-0.25, -0.2) is 0 Å². The molecule has 0 fully saturated rings. The van der Waals surface area contributed by atoms with Gasteiger partial charge in [-0.15, -0.1) is 0 Å². The van der Waals surface area contributed by atoms with E-state index in [0.29, 0.717) is 13.0 Å². The Labute approximate surface area is 106 Å². The van der Waals surface area contributed by atoms with Crippen LogP contribution in [0.1, 0.15) is 65.7 Å². The summed E-state index contributed by atoms with van der Waals surface area (Å²) in [5.41, 5.74) is 0. The standard InChI is InChI=1S/C14H28O3/c1-4-6-7-8-9-10-11-17-13(3)12-14(15)16-5-2/h13H,4-12H2,1-3H3. The zero-order valence-electron chi connectivity index (χ0n) is 11.7. The Morgan fingerprint density at radius 3 is 2.35 bits per heavy atom. The van der Waals surface area contributed by atoms with Crippen LogP contribution in [0.4, 0.5) is 0 Å². The SMILES string of the molecule is CCCCCCCCOC(C)CC(=O)OCC. The molecule has 0 radical (unpaired) electrons. The summed E-state index contributed by atoms with van der Waals surface area (Å²) in [5, 5.41) is 0. The Bertz CT molecular complexity index is 180. The predicted molar refractivity (Wildman–Crippen MR) is 70.0 cm³/mol. The lowest BCUT2D eigenvalue weighted by atomic mass is 10.1. The van der Waals surface area contributed by atoms with Crippen LogP contribution in [0, 0.1) is 0 Å². The maximum Gasteiger partial charge on any atom is 0.308 e. The van der Waals surface area contributed by atoms with E-state index in [0.717, 1.165) is 13.0 Å². The summed E-state index contributed by atoms with van der Waals surface area (Å²) < 4.78 is 10.4. The maximum absolute atomic E-state index is 11.2. The summed E-state index contributed by atoms with van der Waals surface area (Å²) in [4.78, 5) is 11.2. The van der Waals surface area contributed by atoms with Crippen LogP contribution >= 0.6 is 0 Å². The number of carbonyl (C=O) groups excluding carboxylic acids is 1. The van der Waals surface area contributed by atoms with Gasteiger partial charge in [0, 0.05) is 6.61 Å². The molecule has 0 bridgehead atoms. The van der Waals surface area contributed by atoms with Crippen molar-refractivity contribution in [1.29, 1.82) is 0 Å². The third-order valence-corrected chi connectivity index (χ3v) is 2.66. The summed E-state index contributed by atoms with van der Waals surface area (Å²) in [5.74, 6) is -0.164. The highest BCUT2D eigenvalue weighted by molar-refractivity contribution is 5.69. The highest BCUT2D eigenvalue weighted by Crippen LogP contribution is 2.06. The van der Waals surface area contributed by atoms with Gasteiger partial charge in [-0.3, -0.25) is 4.79 Å². The van der Waals surface area contributed by atoms with E-state index in [2.05, 4.69) is 6.92 Å². The smallest absolute Gasteiger partial charge is 0.308 e. The quantitative estimate of drug-likeness (QED) is 0.410. The number of hydrogen-bond acceptors (Lipinski definition) is 3. The highest BCUT2D eigenvalue weighted by Gasteiger charge is 2.09. The van der Waals surface area contributed by atoms with Crippen molar-refractivity contribution in [3.8, 4) is 0 Å². The Hall–Kier alpha value is -0.570. The normalized spacial score (nSPS) is 12.4. The van der Waals surface area contributed by atoms with Gasteiger partial charge in [0.2, 0.25) is 0 Å². The Kier molecular flexibility index (Phi) is 11.5. The first-order chi connectivity index (χ1) is 8.20. The largest absolute Gasteiger partial charge is 0.466 e. The van der Waals surface area contributed by atoms with Crippen molar-refractivity contribution in [2.45, 2.75) is 71.8 Å². The molecule has 0 amide bonds. The van der Waals surface area contributed by atoms with E-state index < -0.39 is 0 Å². The van der Waals surface area contributed by atoms with Gasteiger partial charge in [0.05, 0.1) is 19.1 Å². The van der Waals surface area contributed by atoms with Crippen LogP contribution in [0.2, 0.25) is 0 Å². The zero-order valence-corrected chi connectivity index (χ0v) is 11.7. The van der Waals surface area contributed by atoms with E-state index in [4.69, 9.17) is 9.47 Å². The Morgan fingerprint density at radius 2 is 1.71 bits per heavy atom. The molecule has 0 aliphatic heterocycles. The first-order valence-electron chi connectivity index (χ1n) is 6.97. The molecule has 0 aromatic rings. The highest BCUT2D eigenvalue weighted by atomic mass is 16.5. The molecule has 0 N–H and O–H groups in total. The van der Waals surface area contributed by atoms with Gasteiger partial charge in [-0.1, -0.05) is 39.0 Å². The lowest BCUT2D eigenvalue weighted by Crippen LogP contribution is -2.16. The molecule has 0 saturated heterocycles. The minimum absolute atomic E-state index is 0.0234. The van der Waals surface area contributed by atoms with E-state index in [1.807, 2.05) is 13.8 Å². The molecule has 0 heterocycles. The minimum atomic E-state index is -0.164. The second-order valence-corrected chi connectivity index (χ2v) is 4.46. The topological polar surface area (TPSA) is 35.5 Å². The fourth-order valence-electron chi connectivity index (χ4n) is 1.68. The van der Waals surface area contributed by atoms with Crippen LogP contribution in [0.25, 0.3) is 0 Å². The van der Waals surface area contributed by atoms with E-state index in [9.17, 15) is 4.79 Å². The first kappa shape index (κ1) is 16.4. The molecule has 102 valence electrons. The molecule has 17 heavy (non-hydrogen) atoms. The van der Waals surface area contributed by atoms with Gasteiger partial charge in [0.15, 0.2) is 0 Å². The van der Waals surface area contributed by atoms with Crippen LogP contribution in [-0.4, -0.2) is 25.3 Å². The molecule has 0 aromatic heterocycles. The van der Waals surface area contributed by atoms with E-state index in [1.165, 1.54) is 32.1 Å². The second kappa shape index (κ2) is 11.9. The molecule has 0 rings (SSSR count). The molecule has 0 spiro atoms. The third kappa shape index (κ3) is 11.7. The van der Waals surface area contributed by atoms with Crippen LogP contribution in [0.3, 0.4) is 0 Å². The Morgan fingerprint density at radius 1 is 1.06 bits per heavy atom. The molecular weight excluding hydrogens is 216 g/mol. The average molecular weight is 244 g/mol. The van der Waals surface area contributed by atoms with Crippen molar-refractivity contribution in [1.82, 2.24) is 0 Å². The summed E-state index contributed by atoms with van der Waals surface area (Å²) >= 11 is 0. The van der Waals surface area contributed by atoms with Crippen molar-refractivity contribution in [2.24, 2.45) is 0 Å². The third-order valence-electron chi connectivity index (χ3n) is 2.66. The minimum Gasteiger partial charge on any atom is -0.466 e.